The summed E-state index contributed by atoms with van der Waals surface area (Å²) in [6.07, 6.45) is 4.75. The lowest BCUT2D eigenvalue weighted by molar-refractivity contribution is 0.309. The number of hydrogen-bond acceptors (Lipinski definition) is 2. The van der Waals surface area contributed by atoms with E-state index >= 15 is 0 Å². The summed E-state index contributed by atoms with van der Waals surface area (Å²) < 4.78 is 1.04. The zero-order valence-corrected chi connectivity index (χ0v) is 11.4. The lowest BCUT2D eigenvalue weighted by Crippen LogP contribution is -2.33. The average Bonchev–Trinajstić information content (AvgIpc) is 2.78. The van der Waals surface area contributed by atoms with E-state index < -0.39 is 0 Å². The first-order valence-electron chi connectivity index (χ1n) is 5.96. The van der Waals surface area contributed by atoms with Crippen molar-refractivity contribution in [1.29, 1.82) is 5.26 Å². The molecule has 1 aliphatic rings. The van der Waals surface area contributed by atoms with Gasteiger partial charge in [-0.05, 0) is 31.4 Å². The molecule has 0 spiro atoms. The summed E-state index contributed by atoms with van der Waals surface area (Å²) in [7, 11) is 0. The van der Waals surface area contributed by atoms with Gasteiger partial charge in [-0.25, -0.2) is 4.98 Å². The quantitative estimate of drug-likeness (QED) is 0.917. The average molecular weight is 302 g/mol. The second kappa shape index (κ2) is 4.25. The molecule has 1 heterocycles. The fourth-order valence-electron chi connectivity index (χ4n) is 2.30. The van der Waals surface area contributed by atoms with Crippen LogP contribution in [0.25, 0.3) is 11.3 Å². The van der Waals surface area contributed by atoms with Gasteiger partial charge >= 0.3 is 0 Å². The number of halogens is 1. The zero-order chi connectivity index (χ0) is 12.6. The molecule has 0 atom stereocenters. The Hall–Kier alpha value is -1.60. The minimum atomic E-state index is -0.371. The van der Waals surface area contributed by atoms with E-state index in [-0.39, 0.29) is 5.41 Å². The van der Waals surface area contributed by atoms with E-state index in [0.717, 1.165) is 40.8 Å². The summed E-state index contributed by atoms with van der Waals surface area (Å²) in [5.74, 6) is 0.811. The van der Waals surface area contributed by atoms with E-state index in [1.165, 1.54) is 0 Å². The molecule has 1 N–H and O–H groups in total. The molecule has 1 fully saturated rings. The van der Waals surface area contributed by atoms with Gasteiger partial charge < -0.3 is 4.98 Å². The molecule has 0 aliphatic heterocycles. The van der Waals surface area contributed by atoms with Crippen LogP contribution in [0.2, 0.25) is 0 Å². The Morgan fingerprint density at radius 1 is 1.39 bits per heavy atom. The van der Waals surface area contributed by atoms with Gasteiger partial charge in [-0.2, -0.15) is 5.26 Å². The Morgan fingerprint density at radius 2 is 2.22 bits per heavy atom. The van der Waals surface area contributed by atoms with Crippen molar-refractivity contribution in [2.45, 2.75) is 24.7 Å². The first-order valence-corrected chi connectivity index (χ1v) is 6.75. The lowest BCUT2D eigenvalue weighted by Gasteiger charge is -2.32. The molecule has 0 bridgehead atoms. The summed E-state index contributed by atoms with van der Waals surface area (Å²) in [4.78, 5) is 7.69. The summed E-state index contributed by atoms with van der Waals surface area (Å²) in [5.41, 5.74) is 1.67. The van der Waals surface area contributed by atoms with Gasteiger partial charge in [-0.3, -0.25) is 0 Å². The van der Waals surface area contributed by atoms with E-state index in [9.17, 15) is 5.26 Å². The molecule has 3 nitrogen and oxygen atoms in total. The molecule has 0 amide bonds. The van der Waals surface area contributed by atoms with Crippen molar-refractivity contribution >= 4 is 15.9 Å². The summed E-state index contributed by atoms with van der Waals surface area (Å²) in [6, 6.07) is 10.5. The van der Waals surface area contributed by atoms with Crippen LogP contribution in [-0.4, -0.2) is 9.97 Å². The molecule has 1 aromatic carbocycles. The van der Waals surface area contributed by atoms with Crippen LogP contribution in [0.3, 0.4) is 0 Å². The zero-order valence-electron chi connectivity index (χ0n) is 9.78. The minimum absolute atomic E-state index is 0.371. The molecule has 0 saturated heterocycles. The maximum atomic E-state index is 9.30. The maximum Gasteiger partial charge on any atom is 0.127 e. The first kappa shape index (κ1) is 11.5. The SMILES string of the molecule is N#CC1(c2ncc(-c3cccc(Br)c3)[nH]2)CCC1. The van der Waals surface area contributed by atoms with Crippen LogP contribution in [0.5, 0.6) is 0 Å². The number of nitrogens with zero attached hydrogens (tertiary/aromatic N) is 2. The predicted molar refractivity (Wildman–Crippen MR) is 72.9 cm³/mol. The lowest BCUT2D eigenvalue weighted by atomic mass is 9.69. The molecule has 4 heteroatoms. The van der Waals surface area contributed by atoms with Crippen molar-refractivity contribution < 1.29 is 0 Å². The summed E-state index contributed by atoms with van der Waals surface area (Å²) >= 11 is 3.46. The topological polar surface area (TPSA) is 52.5 Å². The van der Waals surface area contributed by atoms with Gasteiger partial charge in [0, 0.05) is 10.0 Å². The smallest absolute Gasteiger partial charge is 0.127 e. The highest BCUT2D eigenvalue weighted by Gasteiger charge is 2.41. The van der Waals surface area contributed by atoms with Crippen LogP contribution in [-0.2, 0) is 5.41 Å². The van der Waals surface area contributed by atoms with Crippen molar-refractivity contribution in [2.75, 3.05) is 0 Å². The number of aromatic nitrogens is 2. The third kappa shape index (κ3) is 1.75. The normalized spacial score (nSPS) is 16.9. The molecule has 2 aromatic rings. The van der Waals surface area contributed by atoms with E-state index in [1.54, 1.807) is 0 Å². The Bertz CT molecular complexity index is 620. The number of hydrogen-bond donors (Lipinski definition) is 1. The number of imidazole rings is 1. The Kier molecular flexibility index (Phi) is 2.71. The number of benzene rings is 1. The number of nitrogens with one attached hydrogen (secondary N) is 1. The van der Waals surface area contributed by atoms with Gasteiger partial charge in [0.15, 0.2) is 0 Å². The highest BCUT2D eigenvalue weighted by Crippen LogP contribution is 2.42. The molecular weight excluding hydrogens is 290 g/mol. The highest BCUT2D eigenvalue weighted by atomic mass is 79.9. The predicted octanol–water partition coefficient (Wildman–Crippen LogP) is 3.78. The van der Waals surface area contributed by atoms with E-state index in [4.69, 9.17) is 0 Å². The maximum absolute atomic E-state index is 9.30. The van der Waals surface area contributed by atoms with E-state index in [0.29, 0.717) is 0 Å². The monoisotopic (exact) mass is 301 g/mol. The third-order valence-corrected chi connectivity index (χ3v) is 4.08. The van der Waals surface area contributed by atoms with Crippen molar-refractivity contribution in [3.8, 4) is 17.3 Å². The van der Waals surface area contributed by atoms with E-state index in [2.05, 4.69) is 32.0 Å². The summed E-state index contributed by atoms with van der Waals surface area (Å²) in [6.45, 7) is 0. The molecule has 1 aromatic heterocycles. The first-order chi connectivity index (χ1) is 8.73. The largest absolute Gasteiger partial charge is 0.341 e. The molecule has 0 radical (unpaired) electrons. The van der Waals surface area contributed by atoms with Crippen LogP contribution in [0.1, 0.15) is 25.1 Å². The number of H-pyrrole nitrogens is 1. The molecule has 0 unspecified atom stereocenters. The van der Waals surface area contributed by atoms with Crippen LogP contribution in [0.4, 0.5) is 0 Å². The fourth-order valence-corrected chi connectivity index (χ4v) is 2.70. The number of aromatic amines is 1. The Labute approximate surface area is 114 Å². The van der Waals surface area contributed by atoms with Crippen LogP contribution in [0, 0.1) is 11.3 Å². The van der Waals surface area contributed by atoms with Gasteiger partial charge in [0.25, 0.3) is 0 Å². The van der Waals surface area contributed by atoms with E-state index in [1.807, 2.05) is 30.5 Å². The van der Waals surface area contributed by atoms with Gasteiger partial charge in [-0.1, -0.05) is 28.1 Å². The molecule has 3 rings (SSSR count). The standard InChI is InChI=1S/C14H12BrN3/c15-11-4-1-3-10(7-11)12-8-17-13(18-12)14(9-16)5-2-6-14/h1,3-4,7-8H,2,5-6H2,(H,17,18). The summed E-state index contributed by atoms with van der Waals surface area (Å²) in [5, 5.41) is 9.30. The van der Waals surface area contributed by atoms with Crippen LogP contribution < -0.4 is 0 Å². The van der Waals surface area contributed by atoms with Crippen molar-refractivity contribution in [3.63, 3.8) is 0 Å². The molecule has 1 saturated carbocycles. The van der Waals surface area contributed by atoms with Crippen LogP contribution in [0.15, 0.2) is 34.9 Å². The van der Waals surface area contributed by atoms with Crippen molar-refractivity contribution in [3.05, 3.63) is 40.8 Å². The second-order valence-electron chi connectivity index (χ2n) is 4.70. The Morgan fingerprint density at radius 3 is 2.83 bits per heavy atom. The van der Waals surface area contributed by atoms with Gasteiger partial charge in [0.2, 0.25) is 0 Å². The van der Waals surface area contributed by atoms with Gasteiger partial charge in [0.1, 0.15) is 11.2 Å². The second-order valence-corrected chi connectivity index (χ2v) is 5.62. The molecule has 90 valence electrons. The highest BCUT2D eigenvalue weighted by molar-refractivity contribution is 9.10. The molecular formula is C14H12BrN3. The molecule has 18 heavy (non-hydrogen) atoms. The fraction of sp³-hybridized carbons (Fsp3) is 0.286. The van der Waals surface area contributed by atoms with Gasteiger partial charge in [-0.15, -0.1) is 0 Å². The number of nitriles is 1. The Balaban J connectivity index is 1.97. The van der Waals surface area contributed by atoms with Gasteiger partial charge in [0.05, 0.1) is 18.0 Å². The third-order valence-electron chi connectivity index (χ3n) is 3.59. The minimum Gasteiger partial charge on any atom is -0.341 e. The number of rotatable bonds is 2. The molecule has 1 aliphatic carbocycles. The van der Waals surface area contributed by atoms with Crippen molar-refractivity contribution in [1.82, 2.24) is 9.97 Å². The van der Waals surface area contributed by atoms with Crippen LogP contribution >= 0.6 is 15.9 Å². The van der Waals surface area contributed by atoms with Crippen molar-refractivity contribution in [2.24, 2.45) is 0 Å².